The largest absolute Gasteiger partial charge is 0.369 e. The Bertz CT molecular complexity index is 185. The summed E-state index contributed by atoms with van der Waals surface area (Å²) in [5, 5.41) is 0. The molecule has 0 spiro atoms. The van der Waals surface area contributed by atoms with Gasteiger partial charge in [0.25, 0.3) is 0 Å². The van der Waals surface area contributed by atoms with Crippen molar-refractivity contribution in [2.24, 2.45) is 17.6 Å². The van der Waals surface area contributed by atoms with E-state index in [-0.39, 0.29) is 11.8 Å². The minimum Gasteiger partial charge on any atom is -0.369 e. The van der Waals surface area contributed by atoms with E-state index < -0.39 is 0 Å². The molecule has 1 aliphatic carbocycles. The summed E-state index contributed by atoms with van der Waals surface area (Å²) in [6.07, 6.45) is 11.0. The highest BCUT2D eigenvalue weighted by Gasteiger charge is 2.27. The lowest BCUT2D eigenvalue weighted by Gasteiger charge is -2.28. The van der Waals surface area contributed by atoms with Gasteiger partial charge in [0.2, 0.25) is 5.91 Å². The van der Waals surface area contributed by atoms with Gasteiger partial charge in [0.05, 0.1) is 0 Å². The van der Waals surface area contributed by atoms with Gasteiger partial charge in [-0.1, -0.05) is 45.4 Å². The van der Waals surface area contributed by atoms with Crippen LogP contribution in [0.5, 0.6) is 0 Å². The normalized spacial score (nSPS) is 20.1. The van der Waals surface area contributed by atoms with Gasteiger partial charge in [-0.25, -0.2) is 0 Å². The predicted molar refractivity (Wildman–Crippen MR) is 63.4 cm³/mol. The fourth-order valence-electron chi connectivity index (χ4n) is 2.76. The summed E-state index contributed by atoms with van der Waals surface area (Å²) in [5.74, 6) is 0.697. The zero-order valence-electron chi connectivity index (χ0n) is 10.0. The monoisotopic (exact) mass is 211 g/mol. The minimum atomic E-state index is -0.0574. The van der Waals surface area contributed by atoms with Gasteiger partial charge < -0.3 is 5.73 Å². The van der Waals surface area contributed by atoms with Crippen LogP contribution in [0.15, 0.2) is 0 Å². The minimum absolute atomic E-state index is 0.0574. The lowest BCUT2D eigenvalue weighted by atomic mass is 9.77. The maximum atomic E-state index is 11.4. The standard InChI is InChI=1S/C13H25NO/c1-2-3-5-10-12(13(14)15)11-8-6-4-7-9-11/h11-12H,2-10H2,1H3,(H2,14,15). The average Bonchev–Trinajstić information content (AvgIpc) is 2.25. The van der Waals surface area contributed by atoms with Crippen molar-refractivity contribution in [1.82, 2.24) is 0 Å². The highest BCUT2D eigenvalue weighted by molar-refractivity contribution is 5.76. The molecule has 1 amide bonds. The van der Waals surface area contributed by atoms with Crippen LogP contribution in [0.2, 0.25) is 0 Å². The second kappa shape index (κ2) is 6.86. The molecule has 0 bridgehead atoms. The molecule has 1 aliphatic rings. The lowest BCUT2D eigenvalue weighted by molar-refractivity contribution is -0.124. The highest BCUT2D eigenvalue weighted by atomic mass is 16.1. The van der Waals surface area contributed by atoms with Crippen molar-refractivity contribution < 1.29 is 4.79 Å². The smallest absolute Gasteiger partial charge is 0.220 e. The summed E-state index contributed by atoms with van der Waals surface area (Å²) >= 11 is 0. The van der Waals surface area contributed by atoms with E-state index >= 15 is 0 Å². The molecule has 0 aliphatic heterocycles. The first-order chi connectivity index (χ1) is 7.25. The Morgan fingerprint density at radius 3 is 2.47 bits per heavy atom. The first-order valence-corrected chi connectivity index (χ1v) is 6.55. The Morgan fingerprint density at radius 2 is 1.93 bits per heavy atom. The van der Waals surface area contributed by atoms with Crippen LogP contribution in [0.3, 0.4) is 0 Å². The van der Waals surface area contributed by atoms with Crippen LogP contribution >= 0.6 is 0 Å². The Hall–Kier alpha value is -0.530. The molecule has 1 unspecified atom stereocenters. The summed E-state index contributed by atoms with van der Waals surface area (Å²) in [6, 6.07) is 0. The molecule has 2 nitrogen and oxygen atoms in total. The number of hydrogen-bond donors (Lipinski definition) is 1. The van der Waals surface area contributed by atoms with E-state index in [0.29, 0.717) is 5.92 Å². The molecule has 15 heavy (non-hydrogen) atoms. The summed E-state index contributed by atoms with van der Waals surface area (Å²) < 4.78 is 0. The van der Waals surface area contributed by atoms with Crippen LogP contribution < -0.4 is 5.73 Å². The number of nitrogens with two attached hydrogens (primary N) is 1. The van der Waals surface area contributed by atoms with Gasteiger partial charge in [-0.2, -0.15) is 0 Å². The topological polar surface area (TPSA) is 43.1 Å². The molecule has 88 valence electrons. The molecule has 2 N–H and O–H groups in total. The van der Waals surface area contributed by atoms with E-state index in [4.69, 9.17) is 5.73 Å². The van der Waals surface area contributed by atoms with Crippen LogP contribution in [0.4, 0.5) is 0 Å². The second-order valence-electron chi connectivity index (χ2n) is 4.90. The molecule has 1 fully saturated rings. The van der Waals surface area contributed by atoms with Gasteiger partial charge >= 0.3 is 0 Å². The summed E-state index contributed by atoms with van der Waals surface area (Å²) in [4.78, 5) is 11.4. The number of hydrogen-bond acceptors (Lipinski definition) is 1. The zero-order chi connectivity index (χ0) is 11.1. The molecule has 1 saturated carbocycles. The fraction of sp³-hybridized carbons (Fsp3) is 0.923. The number of primary amides is 1. The summed E-state index contributed by atoms with van der Waals surface area (Å²) in [7, 11) is 0. The molecule has 0 aromatic carbocycles. The quantitative estimate of drug-likeness (QED) is 0.673. The van der Waals surface area contributed by atoms with E-state index in [9.17, 15) is 4.79 Å². The van der Waals surface area contributed by atoms with Crippen LogP contribution in [0, 0.1) is 11.8 Å². The van der Waals surface area contributed by atoms with Crippen molar-refractivity contribution in [2.45, 2.75) is 64.7 Å². The number of rotatable bonds is 6. The van der Waals surface area contributed by atoms with E-state index in [0.717, 1.165) is 6.42 Å². The molecular formula is C13H25NO. The second-order valence-corrected chi connectivity index (χ2v) is 4.90. The maximum Gasteiger partial charge on any atom is 0.220 e. The number of unbranched alkanes of at least 4 members (excludes halogenated alkanes) is 2. The van der Waals surface area contributed by atoms with Crippen molar-refractivity contribution in [2.75, 3.05) is 0 Å². The molecule has 0 aromatic heterocycles. The van der Waals surface area contributed by atoms with Crippen molar-refractivity contribution in [1.29, 1.82) is 0 Å². The van der Waals surface area contributed by atoms with Gasteiger partial charge in [-0.3, -0.25) is 4.79 Å². The number of carbonyl (C=O) groups is 1. The molecular weight excluding hydrogens is 186 g/mol. The van der Waals surface area contributed by atoms with Crippen LogP contribution in [0.1, 0.15) is 64.7 Å². The zero-order valence-corrected chi connectivity index (χ0v) is 10.0. The maximum absolute atomic E-state index is 11.4. The van der Waals surface area contributed by atoms with Crippen LogP contribution in [0.25, 0.3) is 0 Å². The van der Waals surface area contributed by atoms with Gasteiger partial charge in [0, 0.05) is 5.92 Å². The fourth-order valence-corrected chi connectivity index (χ4v) is 2.76. The van der Waals surface area contributed by atoms with Crippen molar-refractivity contribution in [3.05, 3.63) is 0 Å². The Labute approximate surface area is 93.6 Å². The Balaban J connectivity index is 2.37. The predicted octanol–water partition coefficient (Wildman–Crippen LogP) is 3.25. The van der Waals surface area contributed by atoms with Crippen molar-refractivity contribution in [3.63, 3.8) is 0 Å². The molecule has 0 heterocycles. The molecule has 0 saturated heterocycles. The van der Waals surface area contributed by atoms with Gasteiger partial charge in [0.15, 0.2) is 0 Å². The molecule has 2 heteroatoms. The third-order valence-electron chi connectivity index (χ3n) is 3.70. The van der Waals surface area contributed by atoms with Gasteiger partial charge in [-0.05, 0) is 25.2 Å². The van der Waals surface area contributed by atoms with Crippen molar-refractivity contribution >= 4 is 5.91 Å². The molecule has 1 atom stereocenters. The van der Waals surface area contributed by atoms with Crippen LogP contribution in [-0.4, -0.2) is 5.91 Å². The van der Waals surface area contributed by atoms with E-state index in [1.807, 2.05) is 0 Å². The molecule has 0 radical (unpaired) electrons. The average molecular weight is 211 g/mol. The third kappa shape index (κ3) is 4.23. The van der Waals surface area contributed by atoms with E-state index in [1.54, 1.807) is 0 Å². The lowest BCUT2D eigenvalue weighted by Crippen LogP contribution is -2.31. The van der Waals surface area contributed by atoms with E-state index in [1.165, 1.54) is 51.4 Å². The highest BCUT2D eigenvalue weighted by Crippen LogP contribution is 2.32. The Morgan fingerprint density at radius 1 is 1.27 bits per heavy atom. The SMILES string of the molecule is CCCCCC(C(N)=O)C1CCCCC1. The number of carbonyl (C=O) groups excluding carboxylic acids is 1. The van der Waals surface area contributed by atoms with Crippen LogP contribution in [-0.2, 0) is 4.79 Å². The number of amides is 1. The summed E-state index contributed by atoms with van der Waals surface area (Å²) in [5.41, 5.74) is 5.51. The van der Waals surface area contributed by atoms with E-state index in [2.05, 4.69) is 6.92 Å². The van der Waals surface area contributed by atoms with Gasteiger partial charge in [0.1, 0.15) is 0 Å². The summed E-state index contributed by atoms with van der Waals surface area (Å²) in [6.45, 7) is 2.19. The Kier molecular flexibility index (Phi) is 5.74. The van der Waals surface area contributed by atoms with Crippen molar-refractivity contribution in [3.8, 4) is 0 Å². The first-order valence-electron chi connectivity index (χ1n) is 6.55. The van der Waals surface area contributed by atoms with Gasteiger partial charge in [-0.15, -0.1) is 0 Å². The molecule has 1 rings (SSSR count). The third-order valence-corrected chi connectivity index (χ3v) is 3.70. The first kappa shape index (κ1) is 12.5. The molecule has 0 aromatic rings.